The summed E-state index contributed by atoms with van der Waals surface area (Å²) in [5.41, 5.74) is 10.9. The van der Waals surface area contributed by atoms with Gasteiger partial charge in [-0.3, -0.25) is 67.1 Å². The van der Waals surface area contributed by atoms with Crippen molar-refractivity contribution in [2.24, 2.45) is 17.4 Å². The molecule has 0 bridgehead atoms. The molecule has 0 spiro atoms. The Labute approximate surface area is 405 Å². The van der Waals surface area contributed by atoms with E-state index < -0.39 is 189 Å². The fourth-order valence-electron chi connectivity index (χ4n) is 7.23. The van der Waals surface area contributed by atoms with Crippen LogP contribution in [-0.4, -0.2) is 193 Å². The second-order valence-electron chi connectivity index (χ2n) is 16.7. The maximum atomic E-state index is 13.8. The van der Waals surface area contributed by atoms with Crippen molar-refractivity contribution < 1.29 is 87.5 Å². The Bertz CT molecular complexity index is 2020. The van der Waals surface area contributed by atoms with Crippen molar-refractivity contribution in [3.8, 4) is 0 Å². The molecule has 0 aliphatic carbocycles. The molecule has 390 valence electrons. The van der Waals surface area contributed by atoms with Crippen LogP contribution in [0.3, 0.4) is 0 Å². The summed E-state index contributed by atoms with van der Waals surface area (Å²) >= 11 is 4.10. The second-order valence-corrected chi connectivity index (χ2v) is 17.0. The van der Waals surface area contributed by atoms with E-state index in [1.165, 1.54) is 0 Å². The lowest BCUT2D eigenvalue weighted by Crippen LogP contribution is -2.59. The Hall–Kier alpha value is -7.11. The summed E-state index contributed by atoms with van der Waals surface area (Å²) in [4.78, 5) is 179. The van der Waals surface area contributed by atoms with Crippen LogP contribution in [0.4, 0.5) is 0 Å². The molecule has 2 fully saturated rings. The molecule has 2 heterocycles. The first-order valence-electron chi connectivity index (χ1n) is 22.0. The molecule has 29 nitrogen and oxygen atoms in total. The van der Waals surface area contributed by atoms with E-state index in [1.807, 2.05) is 0 Å². The molecule has 70 heavy (non-hydrogen) atoms. The maximum Gasteiger partial charge on any atom is 0.305 e. The third-order valence-corrected chi connectivity index (χ3v) is 11.3. The largest absolute Gasteiger partial charge is 0.481 e. The maximum absolute atomic E-state index is 13.8. The predicted octanol–water partition coefficient (Wildman–Crippen LogP) is -6.30. The fourth-order valence-corrected chi connectivity index (χ4v) is 7.48. The Morgan fingerprint density at radius 2 is 0.957 bits per heavy atom. The summed E-state index contributed by atoms with van der Waals surface area (Å²) in [6, 6.07) is -12.1. The number of nitrogens with two attached hydrogens (primary N) is 2. The normalized spacial score (nSPS) is 17.8. The zero-order valence-electron chi connectivity index (χ0n) is 38.3. The minimum atomic E-state index is -1.93. The van der Waals surface area contributed by atoms with Gasteiger partial charge in [-0.2, -0.15) is 12.6 Å². The van der Waals surface area contributed by atoms with Crippen molar-refractivity contribution >= 4 is 95.6 Å². The van der Waals surface area contributed by atoms with Crippen LogP contribution in [0, 0.1) is 5.92 Å². The molecule has 0 aromatic rings. The second kappa shape index (κ2) is 28.4. The van der Waals surface area contributed by atoms with Gasteiger partial charge in [-0.05, 0) is 44.4 Å². The zero-order chi connectivity index (χ0) is 53.0. The minimum Gasteiger partial charge on any atom is -0.481 e. The minimum absolute atomic E-state index is 0.00479. The molecule has 30 heteroatoms. The highest BCUT2D eigenvalue weighted by Crippen LogP contribution is 2.21. The van der Waals surface area contributed by atoms with Crippen molar-refractivity contribution in [3.63, 3.8) is 0 Å². The van der Waals surface area contributed by atoms with Crippen molar-refractivity contribution in [1.29, 1.82) is 0 Å². The molecular formula is C40H61N11O18S. The van der Waals surface area contributed by atoms with Crippen molar-refractivity contribution in [3.05, 3.63) is 0 Å². The molecular weight excluding hydrogens is 955 g/mol. The lowest BCUT2D eigenvalue weighted by Gasteiger charge is -2.30. The highest BCUT2D eigenvalue weighted by Gasteiger charge is 2.41. The number of nitrogens with one attached hydrogen (secondary N) is 7. The summed E-state index contributed by atoms with van der Waals surface area (Å²) in [6.07, 6.45) is -3.81. The first kappa shape index (κ1) is 59.0. The number of carbonyl (C=O) groups is 14. The highest BCUT2D eigenvalue weighted by atomic mass is 32.1. The standard InChI is InChI=1S/C40H61N11O18S/c1-18(2)32(42)38(67)48-22(14-31(60)61)34(63)46-20(8-10-29(56)57)39(68)50-11-3-6-25(50)37(66)44-16-27(53)45-19(7-9-28(54)55)33(62)47-21(13-30(58)59)35(64)49-23(17-70)40(69)51-12-4-5-24(51)36(65)43-15-26(41)52/h18-25,32,70H,3-17,42H2,1-2H3,(H2,41,52)(H,43,65)(H,44,66)(H,45,53)(H,46,63)(H,47,62)(H,48,67)(H,49,64)(H,54,55)(H,56,57)(H,58,59)(H,60,61)/t19-,20-,21-,22-,23-,24-,25-,32-/m0/s1. The van der Waals surface area contributed by atoms with E-state index in [4.69, 9.17) is 11.5 Å². The van der Waals surface area contributed by atoms with Crippen LogP contribution in [0.1, 0.15) is 78.1 Å². The number of amides is 10. The summed E-state index contributed by atoms with van der Waals surface area (Å²) < 4.78 is 0. The number of nitrogens with zero attached hydrogens (tertiary/aromatic N) is 2. The van der Waals surface area contributed by atoms with Gasteiger partial charge < -0.3 is 78.9 Å². The van der Waals surface area contributed by atoms with Gasteiger partial charge in [0.1, 0.15) is 42.3 Å². The monoisotopic (exact) mass is 1020 g/mol. The van der Waals surface area contributed by atoms with Gasteiger partial charge in [-0.25, -0.2) is 0 Å². The van der Waals surface area contributed by atoms with E-state index in [9.17, 15) is 87.5 Å². The number of hydrogen-bond acceptors (Lipinski definition) is 16. The van der Waals surface area contributed by atoms with E-state index in [2.05, 4.69) is 49.8 Å². The fraction of sp³-hybridized carbons (Fsp3) is 0.650. The summed E-state index contributed by atoms with van der Waals surface area (Å²) in [7, 11) is 0. The summed E-state index contributed by atoms with van der Waals surface area (Å²) in [5.74, 6) is -16.6. The van der Waals surface area contributed by atoms with E-state index >= 15 is 0 Å². The van der Waals surface area contributed by atoms with Gasteiger partial charge in [0.05, 0.1) is 32.0 Å². The quantitative estimate of drug-likeness (QED) is 0.0310. The molecule has 8 atom stereocenters. The number of carbonyl (C=O) groups excluding carboxylic acids is 10. The third kappa shape index (κ3) is 19.1. The molecule has 15 N–H and O–H groups in total. The number of likely N-dealkylation sites (tertiary alicyclic amines) is 2. The van der Waals surface area contributed by atoms with Crippen LogP contribution in [0.5, 0.6) is 0 Å². The van der Waals surface area contributed by atoms with Crippen molar-refractivity contribution in [2.45, 2.75) is 126 Å². The van der Waals surface area contributed by atoms with Gasteiger partial charge in [0.2, 0.25) is 59.1 Å². The number of aliphatic carboxylic acids is 4. The average molecular weight is 1020 g/mol. The van der Waals surface area contributed by atoms with E-state index in [0.29, 0.717) is 6.42 Å². The predicted molar refractivity (Wildman–Crippen MR) is 239 cm³/mol. The molecule has 0 aromatic heterocycles. The number of rotatable bonds is 29. The Morgan fingerprint density at radius 3 is 1.39 bits per heavy atom. The van der Waals surface area contributed by atoms with Gasteiger partial charge in [0.15, 0.2) is 0 Å². The number of hydrogen-bond donors (Lipinski definition) is 14. The van der Waals surface area contributed by atoms with Crippen LogP contribution in [0.2, 0.25) is 0 Å². The lowest BCUT2D eigenvalue weighted by atomic mass is 10.0. The first-order chi connectivity index (χ1) is 32.8. The van der Waals surface area contributed by atoms with E-state index in [0.717, 1.165) is 9.80 Å². The molecule has 2 saturated heterocycles. The van der Waals surface area contributed by atoms with Crippen LogP contribution < -0.4 is 48.7 Å². The SMILES string of the molecule is CC(C)[C@H](N)C(=O)N[C@@H](CC(=O)O)C(=O)N[C@@H](CCC(=O)O)C(=O)N1CCC[C@H]1C(=O)NCC(=O)N[C@@H](CCC(=O)O)C(=O)N[C@@H](CC(=O)O)C(=O)N[C@@H](CS)C(=O)N1CCC[C@H]1C(=O)NCC(N)=O. The van der Waals surface area contributed by atoms with Gasteiger partial charge in [0.25, 0.3) is 0 Å². The number of carboxylic acid groups (broad SMARTS) is 4. The van der Waals surface area contributed by atoms with Crippen LogP contribution >= 0.6 is 12.6 Å². The van der Waals surface area contributed by atoms with Crippen LogP contribution in [-0.2, 0) is 67.1 Å². The van der Waals surface area contributed by atoms with Crippen molar-refractivity contribution in [2.75, 3.05) is 31.9 Å². The third-order valence-electron chi connectivity index (χ3n) is 10.9. The smallest absolute Gasteiger partial charge is 0.305 e. The average Bonchev–Trinajstić information content (AvgIpc) is 3.99. The molecule has 0 unspecified atom stereocenters. The number of primary amides is 1. The lowest BCUT2D eigenvalue weighted by molar-refractivity contribution is -0.144. The molecule has 0 saturated carbocycles. The summed E-state index contributed by atoms with van der Waals surface area (Å²) in [6.45, 7) is 1.76. The Kier molecular flexibility index (Phi) is 23.9. The first-order valence-corrected chi connectivity index (χ1v) is 22.6. The highest BCUT2D eigenvalue weighted by molar-refractivity contribution is 7.80. The summed E-state index contributed by atoms with van der Waals surface area (Å²) in [5, 5.41) is 53.3. The topological polar surface area (TPSA) is 463 Å². The van der Waals surface area contributed by atoms with Gasteiger partial charge in [-0.15, -0.1) is 0 Å². The molecule has 0 aromatic carbocycles. The molecule has 0 radical (unpaired) electrons. The van der Waals surface area contributed by atoms with Crippen LogP contribution in [0.25, 0.3) is 0 Å². The van der Waals surface area contributed by atoms with Gasteiger partial charge in [-0.1, -0.05) is 13.8 Å². The van der Waals surface area contributed by atoms with Crippen LogP contribution in [0.15, 0.2) is 0 Å². The van der Waals surface area contributed by atoms with E-state index in [-0.39, 0.29) is 38.1 Å². The van der Waals surface area contributed by atoms with Gasteiger partial charge in [0, 0.05) is 31.7 Å². The molecule has 2 aliphatic heterocycles. The number of carboxylic acids is 4. The number of thiol groups is 1. The molecule has 10 amide bonds. The van der Waals surface area contributed by atoms with Gasteiger partial charge >= 0.3 is 23.9 Å². The molecule has 2 rings (SSSR count). The molecule has 2 aliphatic rings. The van der Waals surface area contributed by atoms with E-state index in [1.54, 1.807) is 13.8 Å². The zero-order valence-corrected chi connectivity index (χ0v) is 39.2. The Morgan fingerprint density at radius 1 is 0.557 bits per heavy atom. The Balaban J connectivity index is 2.20. The van der Waals surface area contributed by atoms with Crippen molar-refractivity contribution in [1.82, 2.24) is 47.0 Å².